The zero-order valence-corrected chi connectivity index (χ0v) is 9.49. The Morgan fingerprint density at radius 1 is 1.44 bits per heavy atom. The first-order valence-corrected chi connectivity index (χ1v) is 5.84. The monoisotopic (exact) mass is 223 g/mol. The highest BCUT2D eigenvalue weighted by atomic mass is 19.1. The van der Waals surface area contributed by atoms with E-state index < -0.39 is 6.10 Å². The number of halogens is 1. The molecule has 3 heteroatoms. The van der Waals surface area contributed by atoms with Gasteiger partial charge in [-0.25, -0.2) is 4.39 Å². The summed E-state index contributed by atoms with van der Waals surface area (Å²) in [5.41, 5.74) is 0.373. The van der Waals surface area contributed by atoms with Crippen molar-refractivity contribution in [3.8, 4) is 0 Å². The summed E-state index contributed by atoms with van der Waals surface area (Å²) < 4.78 is 13.3. The first-order chi connectivity index (χ1) is 7.68. The molecule has 0 saturated heterocycles. The van der Waals surface area contributed by atoms with Crippen LogP contribution in [0.2, 0.25) is 0 Å². The summed E-state index contributed by atoms with van der Waals surface area (Å²) in [7, 11) is 0. The molecule has 2 N–H and O–H groups in total. The second kappa shape index (κ2) is 4.93. The maximum absolute atomic E-state index is 13.3. The predicted octanol–water partition coefficient (Wildman–Crippen LogP) is 2.25. The third-order valence-electron chi connectivity index (χ3n) is 3.23. The van der Waals surface area contributed by atoms with E-state index in [-0.39, 0.29) is 5.82 Å². The molecule has 2 rings (SSSR count). The normalized spacial score (nSPS) is 19.4. The molecule has 0 aromatic heterocycles. The number of nitrogens with one attached hydrogen (secondary N) is 1. The number of rotatable bonds is 5. The fourth-order valence-electron chi connectivity index (χ4n) is 1.92. The Morgan fingerprint density at radius 2 is 2.12 bits per heavy atom. The molecule has 0 heterocycles. The van der Waals surface area contributed by atoms with Gasteiger partial charge < -0.3 is 10.4 Å². The van der Waals surface area contributed by atoms with E-state index in [4.69, 9.17) is 0 Å². The summed E-state index contributed by atoms with van der Waals surface area (Å²) in [5, 5.41) is 13.1. The zero-order chi connectivity index (χ0) is 11.5. The topological polar surface area (TPSA) is 32.3 Å². The van der Waals surface area contributed by atoms with Crippen molar-refractivity contribution < 1.29 is 9.50 Å². The van der Waals surface area contributed by atoms with Gasteiger partial charge in [-0.2, -0.15) is 0 Å². The molecule has 1 aliphatic rings. The third kappa shape index (κ3) is 2.80. The van der Waals surface area contributed by atoms with Crippen LogP contribution < -0.4 is 5.32 Å². The second-order valence-corrected chi connectivity index (χ2v) is 4.57. The largest absolute Gasteiger partial charge is 0.387 e. The lowest BCUT2D eigenvalue weighted by molar-refractivity contribution is 0.164. The quantitative estimate of drug-likeness (QED) is 0.802. The number of hydrogen-bond acceptors (Lipinski definition) is 2. The van der Waals surface area contributed by atoms with Crippen molar-refractivity contribution >= 4 is 0 Å². The minimum Gasteiger partial charge on any atom is -0.387 e. The summed E-state index contributed by atoms with van der Waals surface area (Å²) >= 11 is 0. The highest BCUT2D eigenvalue weighted by Gasteiger charge is 2.28. The van der Waals surface area contributed by atoms with Crippen molar-refractivity contribution in [3.63, 3.8) is 0 Å². The molecule has 2 unspecified atom stereocenters. The lowest BCUT2D eigenvalue weighted by Gasteiger charge is -2.17. The van der Waals surface area contributed by atoms with Crippen molar-refractivity contribution in [2.24, 2.45) is 5.92 Å². The van der Waals surface area contributed by atoms with Crippen LogP contribution in [0.4, 0.5) is 4.39 Å². The standard InChI is InChI=1S/C13H18FNO/c1-9(10-6-7-10)15-8-13(16)11-4-2-3-5-12(11)14/h2-5,9-10,13,15-16H,6-8H2,1H3. The Balaban J connectivity index is 1.87. The summed E-state index contributed by atoms with van der Waals surface area (Å²) in [6, 6.07) is 6.80. The lowest BCUT2D eigenvalue weighted by Crippen LogP contribution is -2.32. The Morgan fingerprint density at radius 3 is 2.75 bits per heavy atom. The van der Waals surface area contributed by atoms with Gasteiger partial charge in [-0.05, 0) is 31.7 Å². The first-order valence-electron chi connectivity index (χ1n) is 5.84. The molecule has 0 radical (unpaired) electrons. The molecule has 1 aromatic rings. The Labute approximate surface area is 95.5 Å². The summed E-state index contributed by atoms with van der Waals surface area (Å²) in [6.45, 7) is 2.53. The molecule has 1 saturated carbocycles. The van der Waals surface area contributed by atoms with Crippen molar-refractivity contribution in [1.29, 1.82) is 0 Å². The smallest absolute Gasteiger partial charge is 0.129 e. The van der Waals surface area contributed by atoms with E-state index in [2.05, 4.69) is 12.2 Å². The van der Waals surface area contributed by atoms with E-state index in [1.54, 1.807) is 18.2 Å². The minimum absolute atomic E-state index is 0.337. The molecule has 0 aliphatic heterocycles. The van der Waals surface area contributed by atoms with E-state index in [0.717, 1.165) is 5.92 Å². The van der Waals surface area contributed by atoms with Gasteiger partial charge in [0.05, 0.1) is 6.10 Å². The molecule has 16 heavy (non-hydrogen) atoms. The number of aliphatic hydroxyl groups is 1. The summed E-state index contributed by atoms with van der Waals surface area (Å²) in [4.78, 5) is 0. The van der Waals surface area contributed by atoms with Crippen LogP contribution in [0.5, 0.6) is 0 Å². The minimum atomic E-state index is -0.762. The van der Waals surface area contributed by atoms with Crippen LogP contribution in [0.1, 0.15) is 31.4 Å². The van der Waals surface area contributed by atoms with Crippen LogP contribution >= 0.6 is 0 Å². The van der Waals surface area contributed by atoms with Gasteiger partial charge in [0.15, 0.2) is 0 Å². The van der Waals surface area contributed by atoms with Gasteiger partial charge in [0.25, 0.3) is 0 Å². The summed E-state index contributed by atoms with van der Waals surface area (Å²) in [6.07, 6.45) is 1.77. The Kier molecular flexibility index (Phi) is 3.56. The molecule has 0 amide bonds. The van der Waals surface area contributed by atoms with Crippen LogP contribution in [0.15, 0.2) is 24.3 Å². The maximum Gasteiger partial charge on any atom is 0.129 e. The maximum atomic E-state index is 13.3. The molecule has 0 spiro atoms. The van der Waals surface area contributed by atoms with Gasteiger partial charge in [-0.15, -0.1) is 0 Å². The van der Waals surface area contributed by atoms with Crippen LogP contribution in [0.25, 0.3) is 0 Å². The van der Waals surface area contributed by atoms with E-state index in [0.29, 0.717) is 18.2 Å². The van der Waals surface area contributed by atoms with Crippen molar-refractivity contribution in [2.45, 2.75) is 31.9 Å². The number of benzene rings is 1. The van der Waals surface area contributed by atoms with E-state index in [1.807, 2.05) is 0 Å². The third-order valence-corrected chi connectivity index (χ3v) is 3.23. The van der Waals surface area contributed by atoms with Crippen molar-refractivity contribution in [2.75, 3.05) is 6.54 Å². The molecule has 0 bridgehead atoms. The van der Waals surface area contributed by atoms with E-state index in [1.165, 1.54) is 18.9 Å². The van der Waals surface area contributed by atoms with Gasteiger partial charge >= 0.3 is 0 Å². The van der Waals surface area contributed by atoms with Crippen LogP contribution in [0.3, 0.4) is 0 Å². The number of aliphatic hydroxyl groups excluding tert-OH is 1. The molecule has 1 aromatic carbocycles. The zero-order valence-electron chi connectivity index (χ0n) is 9.49. The Hall–Kier alpha value is -0.930. The fraction of sp³-hybridized carbons (Fsp3) is 0.538. The fourth-order valence-corrected chi connectivity index (χ4v) is 1.92. The highest BCUT2D eigenvalue weighted by molar-refractivity contribution is 5.20. The molecule has 2 atom stereocenters. The molecule has 2 nitrogen and oxygen atoms in total. The first kappa shape index (κ1) is 11.6. The van der Waals surface area contributed by atoms with Crippen LogP contribution in [0, 0.1) is 11.7 Å². The highest BCUT2D eigenvalue weighted by Crippen LogP contribution is 2.32. The average Bonchev–Trinajstić information content (AvgIpc) is 3.10. The van der Waals surface area contributed by atoms with Gasteiger partial charge in [0, 0.05) is 18.2 Å². The van der Waals surface area contributed by atoms with Gasteiger partial charge in [-0.1, -0.05) is 18.2 Å². The van der Waals surface area contributed by atoms with Crippen molar-refractivity contribution in [1.82, 2.24) is 5.32 Å². The van der Waals surface area contributed by atoms with Crippen molar-refractivity contribution in [3.05, 3.63) is 35.6 Å². The van der Waals surface area contributed by atoms with Crippen LogP contribution in [-0.2, 0) is 0 Å². The van der Waals surface area contributed by atoms with E-state index >= 15 is 0 Å². The molecule has 1 fully saturated rings. The molecule has 1 aliphatic carbocycles. The molecule has 88 valence electrons. The molecular weight excluding hydrogens is 205 g/mol. The lowest BCUT2D eigenvalue weighted by atomic mass is 10.1. The van der Waals surface area contributed by atoms with E-state index in [9.17, 15) is 9.50 Å². The van der Waals surface area contributed by atoms with Gasteiger partial charge in [-0.3, -0.25) is 0 Å². The van der Waals surface area contributed by atoms with Gasteiger partial charge in [0.1, 0.15) is 5.82 Å². The molecular formula is C13H18FNO. The average molecular weight is 223 g/mol. The summed E-state index contributed by atoms with van der Waals surface area (Å²) in [5.74, 6) is 0.406. The second-order valence-electron chi connectivity index (χ2n) is 4.57. The predicted molar refractivity (Wildman–Crippen MR) is 61.5 cm³/mol. The number of hydrogen-bond donors (Lipinski definition) is 2. The van der Waals surface area contributed by atoms with Gasteiger partial charge in [0.2, 0.25) is 0 Å². The Bertz CT molecular complexity index is 352. The van der Waals surface area contributed by atoms with Crippen LogP contribution in [-0.4, -0.2) is 17.7 Å². The SMILES string of the molecule is CC(NCC(O)c1ccccc1F)C1CC1.